The molecule has 0 amide bonds. The van der Waals surface area contributed by atoms with Crippen LogP contribution < -0.4 is 0 Å². The molecule has 0 spiro atoms. The van der Waals surface area contributed by atoms with Gasteiger partial charge >= 0.3 is 0 Å². The molecular formula is C13H10F2O. The van der Waals surface area contributed by atoms with E-state index in [0.29, 0.717) is 5.56 Å². The van der Waals surface area contributed by atoms with Crippen molar-refractivity contribution in [2.45, 2.75) is 12.3 Å². The van der Waals surface area contributed by atoms with Crippen LogP contribution in [0.25, 0.3) is 0 Å². The number of rotatable bonds is 2. The fraction of sp³-hybridized carbons (Fsp3) is 0.154. The van der Waals surface area contributed by atoms with E-state index in [1.807, 2.05) is 0 Å². The number of benzene rings is 1. The van der Waals surface area contributed by atoms with Gasteiger partial charge in [-0.2, -0.15) is 0 Å². The van der Waals surface area contributed by atoms with Gasteiger partial charge in [-0.1, -0.05) is 42.5 Å². The second-order valence-corrected chi connectivity index (χ2v) is 3.68. The van der Waals surface area contributed by atoms with E-state index < -0.39 is 12.3 Å². The van der Waals surface area contributed by atoms with Crippen LogP contribution in [0.3, 0.4) is 0 Å². The van der Waals surface area contributed by atoms with Crippen molar-refractivity contribution >= 4 is 5.78 Å². The van der Waals surface area contributed by atoms with Crippen LogP contribution >= 0.6 is 0 Å². The Hall–Kier alpha value is -1.77. The molecule has 0 N–H and O–H groups in total. The summed E-state index contributed by atoms with van der Waals surface area (Å²) in [6, 6.07) is 8.45. The van der Waals surface area contributed by atoms with E-state index in [0.717, 1.165) is 6.08 Å². The lowest BCUT2D eigenvalue weighted by Gasteiger charge is -2.16. The number of alkyl halides is 2. The molecule has 1 aliphatic carbocycles. The smallest absolute Gasteiger partial charge is 0.270 e. The third-order valence-corrected chi connectivity index (χ3v) is 2.39. The van der Waals surface area contributed by atoms with Gasteiger partial charge < -0.3 is 0 Å². The minimum atomic E-state index is -2.91. The lowest BCUT2D eigenvalue weighted by atomic mass is 9.94. The second kappa shape index (κ2) is 4.00. The lowest BCUT2D eigenvalue weighted by molar-refractivity contribution is 0.0521. The number of allylic oxidation sites excluding steroid dienone is 4. The third-order valence-electron chi connectivity index (χ3n) is 2.39. The number of hydrogen-bond donors (Lipinski definition) is 0. The van der Waals surface area contributed by atoms with Crippen LogP contribution in [-0.4, -0.2) is 11.7 Å². The Morgan fingerprint density at radius 3 is 2.50 bits per heavy atom. The molecule has 1 aromatic rings. The zero-order valence-corrected chi connectivity index (χ0v) is 8.49. The molecule has 0 saturated heterocycles. The van der Waals surface area contributed by atoms with Gasteiger partial charge in [-0.3, -0.25) is 4.79 Å². The van der Waals surface area contributed by atoms with Crippen molar-refractivity contribution in [1.82, 2.24) is 0 Å². The van der Waals surface area contributed by atoms with Gasteiger partial charge in [0, 0.05) is 17.6 Å². The summed E-state index contributed by atoms with van der Waals surface area (Å²) < 4.78 is 26.1. The molecule has 3 heteroatoms. The first-order chi connectivity index (χ1) is 7.58. The van der Waals surface area contributed by atoms with Gasteiger partial charge in [0.2, 0.25) is 0 Å². The number of halogens is 2. The molecule has 2 rings (SSSR count). The predicted octanol–water partition coefficient (Wildman–Crippen LogP) is 3.39. The van der Waals surface area contributed by atoms with Gasteiger partial charge in [0.05, 0.1) is 0 Å². The Morgan fingerprint density at radius 1 is 1.19 bits per heavy atom. The molecule has 0 saturated carbocycles. The maximum Gasteiger partial charge on any atom is 0.270 e. The summed E-state index contributed by atoms with van der Waals surface area (Å²) in [4.78, 5) is 11.9. The number of hydrogen-bond acceptors (Lipinski definition) is 1. The maximum atomic E-state index is 13.1. The molecule has 1 nitrogen and oxygen atoms in total. The molecule has 82 valence electrons. The van der Waals surface area contributed by atoms with Crippen LogP contribution in [0.4, 0.5) is 8.78 Å². The normalized spacial score (nSPS) is 18.0. The van der Waals surface area contributed by atoms with Crippen molar-refractivity contribution < 1.29 is 13.6 Å². The first-order valence-electron chi connectivity index (χ1n) is 4.94. The van der Waals surface area contributed by atoms with Crippen molar-refractivity contribution in [2.75, 3.05) is 0 Å². The predicted molar refractivity (Wildman–Crippen MR) is 57.6 cm³/mol. The number of carbonyl (C=O) groups is 1. The monoisotopic (exact) mass is 220 g/mol. The van der Waals surface area contributed by atoms with Crippen LogP contribution in [0.2, 0.25) is 0 Å². The van der Waals surface area contributed by atoms with Crippen molar-refractivity contribution in [3.05, 3.63) is 59.7 Å². The minimum Gasteiger partial charge on any atom is -0.289 e. The Kier molecular flexibility index (Phi) is 2.69. The zero-order valence-electron chi connectivity index (χ0n) is 8.49. The van der Waals surface area contributed by atoms with Gasteiger partial charge in [0.1, 0.15) is 0 Å². The van der Waals surface area contributed by atoms with Crippen LogP contribution in [0.15, 0.2) is 54.1 Å². The van der Waals surface area contributed by atoms with Crippen molar-refractivity contribution in [1.29, 1.82) is 0 Å². The molecule has 0 unspecified atom stereocenters. The molecule has 0 heterocycles. The summed E-state index contributed by atoms with van der Waals surface area (Å²) in [5.74, 6) is -3.24. The number of carbonyl (C=O) groups excluding carboxylic acids is 1. The van der Waals surface area contributed by atoms with Crippen LogP contribution in [0, 0.1) is 0 Å². The first kappa shape index (κ1) is 10.7. The summed E-state index contributed by atoms with van der Waals surface area (Å²) >= 11 is 0. The zero-order chi connectivity index (χ0) is 11.6. The van der Waals surface area contributed by atoms with Crippen molar-refractivity contribution in [3.63, 3.8) is 0 Å². The maximum absolute atomic E-state index is 13.1. The highest BCUT2D eigenvalue weighted by atomic mass is 19.3. The molecule has 0 bridgehead atoms. The summed E-state index contributed by atoms with van der Waals surface area (Å²) in [7, 11) is 0. The van der Waals surface area contributed by atoms with E-state index in [2.05, 4.69) is 0 Å². The molecule has 0 aromatic heterocycles. The topological polar surface area (TPSA) is 17.1 Å². The fourth-order valence-electron chi connectivity index (χ4n) is 1.61. The summed E-state index contributed by atoms with van der Waals surface area (Å²) in [5, 5.41) is 0. The SMILES string of the molecule is O=C(C1=CC=CC(F)(F)C1)c1ccccc1. The van der Waals surface area contributed by atoms with Gasteiger partial charge in [0.25, 0.3) is 5.92 Å². The molecule has 1 aromatic carbocycles. The lowest BCUT2D eigenvalue weighted by Crippen LogP contribution is -2.19. The van der Waals surface area contributed by atoms with Gasteiger partial charge in [-0.25, -0.2) is 8.78 Å². The quantitative estimate of drug-likeness (QED) is 0.698. The first-order valence-corrected chi connectivity index (χ1v) is 4.94. The van der Waals surface area contributed by atoms with E-state index >= 15 is 0 Å². The molecular weight excluding hydrogens is 210 g/mol. The standard InChI is InChI=1S/C13H10F2O/c14-13(15)8-4-7-11(9-13)12(16)10-5-2-1-3-6-10/h1-8H,9H2. The van der Waals surface area contributed by atoms with E-state index in [1.54, 1.807) is 30.3 Å². The van der Waals surface area contributed by atoms with E-state index in [4.69, 9.17) is 0 Å². The highest BCUT2D eigenvalue weighted by molar-refractivity contribution is 6.09. The largest absolute Gasteiger partial charge is 0.289 e. The minimum absolute atomic E-state index is 0.152. The average molecular weight is 220 g/mol. The molecule has 0 aliphatic heterocycles. The van der Waals surface area contributed by atoms with Gasteiger partial charge in [-0.15, -0.1) is 0 Å². The number of ketones is 1. The third kappa shape index (κ3) is 2.24. The Labute approximate surface area is 92.1 Å². The van der Waals surface area contributed by atoms with Crippen molar-refractivity contribution in [2.24, 2.45) is 0 Å². The highest BCUT2D eigenvalue weighted by Crippen LogP contribution is 2.29. The summed E-state index contributed by atoms with van der Waals surface area (Å²) in [6.07, 6.45) is 2.98. The Morgan fingerprint density at radius 2 is 1.88 bits per heavy atom. The average Bonchev–Trinajstić information content (AvgIpc) is 2.28. The molecule has 0 atom stereocenters. The molecule has 16 heavy (non-hydrogen) atoms. The summed E-state index contributed by atoms with van der Waals surface area (Å²) in [6.45, 7) is 0. The van der Waals surface area contributed by atoms with Crippen LogP contribution in [0.5, 0.6) is 0 Å². The van der Waals surface area contributed by atoms with E-state index in [9.17, 15) is 13.6 Å². The highest BCUT2D eigenvalue weighted by Gasteiger charge is 2.31. The Balaban J connectivity index is 2.25. The second-order valence-electron chi connectivity index (χ2n) is 3.68. The van der Waals surface area contributed by atoms with Crippen LogP contribution in [-0.2, 0) is 0 Å². The summed E-state index contributed by atoms with van der Waals surface area (Å²) in [5.41, 5.74) is 0.596. The van der Waals surface area contributed by atoms with Crippen molar-refractivity contribution in [3.8, 4) is 0 Å². The Bertz CT molecular complexity index is 458. The van der Waals surface area contributed by atoms with Gasteiger partial charge in [-0.05, 0) is 6.08 Å². The van der Waals surface area contributed by atoms with Gasteiger partial charge in [0.15, 0.2) is 5.78 Å². The van der Waals surface area contributed by atoms with E-state index in [-0.39, 0.29) is 11.4 Å². The fourth-order valence-corrected chi connectivity index (χ4v) is 1.61. The van der Waals surface area contributed by atoms with Crippen LogP contribution in [0.1, 0.15) is 16.8 Å². The van der Waals surface area contributed by atoms with E-state index in [1.165, 1.54) is 12.2 Å². The molecule has 1 aliphatic rings. The molecule has 0 radical (unpaired) electrons. The molecule has 0 fully saturated rings. The number of Topliss-reactive ketones (excluding diaryl/α,β-unsaturated/α-hetero) is 1.